The highest BCUT2D eigenvalue weighted by Gasteiger charge is 2.44. The molecule has 1 aliphatic heterocycles. The summed E-state index contributed by atoms with van der Waals surface area (Å²) in [6.45, 7) is 7.31. The minimum atomic E-state index is -0.613. The van der Waals surface area contributed by atoms with Gasteiger partial charge in [-0.3, -0.25) is 9.59 Å². The first-order valence-electron chi connectivity index (χ1n) is 9.81. The zero-order chi connectivity index (χ0) is 21.0. The molecule has 1 aromatic heterocycles. The smallest absolute Gasteiger partial charge is 0.290 e. The topological polar surface area (TPSA) is 71.3 Å². The zero-order valence-electron chi connectivity index (χ0n) is 17.0. The Morgan fingerprint density at radius 1 is 1.21 bits per heavy atom. The van der Waals surface area contributed by atoms with Gasteiger partial charge in [-0.15, -0.1) is 11.3 Å². The SMILES string of the molecule is CC[NH+](CC)CCN1C(=O)C(O)=C(C(=O)c2cccs2)[C@H]1c1ccc(OC)cc1. The zero-order valence-corrected chi connectivity index (χ0v) is 17.8. The maximum Gasteiger partial charge on any atom is 0.290 e. The van der Waals surface area contributed by atoms with Gasteiger partial charge in [0.05, 0.1) is 49.8 Å². The van der Waals surface area contributed by atoms with E-state index in [1.54, 1.807) is 36.3 Å². The highest BCUT2D eigenvalue weighted by molar-refractivity contribution is 7.12. The van der Waals surface area contributed by atoms with E-state index in [2.05, 4.69) is 13.8 Å². The summed E-state index contributed by atoms with van der Waals surface area (Å²) >= 11 is 1.30. The molecular weight excluding hydrogens is 388 g/mol. The minimum absolute atomic E-state index is 0.150. The molecule has 0 saturated carbocycles. The lowest BCUT2D eigenvalue weighted by atomic mass is 9.95. The van der Waals surface area contributed by atoms with Gasteiger partial charge in [-0.1, -0.05) is 18.2 Å². The van der Waals surface area contributed by atoms with Crippen molar-refractivity contribution in [2.45, 2.75) is 19.9 Å². The van der Waals surface area contributed by atoms with Crippen LogP contribution < -0.4 is 9.64 Å². The van der Waals surface area contributed by atoms with Crippen LogP contribution in [0.5, 0.6) is 5.75 Å². The Bertz CT molecular complexity index is 886. The molecule has 3 rings (SSSR count). The molecular formula is C22H27N2O4S+. The number of carbonyl (C=O) groups excluding carboxylic acids is 2. The molecule has 6 nitrogen and oxygen atoms in total. The quantitative estimate of drug-likeness (QED) is 0.617. The van der Waals surface area contributed by atoms with Crippen molar-refractivity contribution in [2.75, 3.05) is 33.3 Å². The third-order valence-electron chi connectivity index (χ3n) is 5.43. The molecule has 2 aromatic rings. The molecule has 1 aromatic carbocycles. The number of ether oxygens (including phenoxy) is 1. The number of methoxy groups -OCH3 is 1. The van der Waals surface area contributed by atoms with Crippen molar-refractivity contribution in [2.24, 2.45) is 0 Å². The number of benzene rings is 1. The van der Waals surface area contributed by atoms with Gasteiger partial charge < -0.3 is 19.6 Å². The number of ketones is 1. The molecule has 0 aliphatic carbocycles. The third-order valence-corrected chi connectivity index (χ3v) is 6.30. The van der Waals surface area contributed by atoms with Gasteiger partial charge in [0.25, 0.3) is 5.91 Å². The van der Waals surface area contributed by atoms with Crippen LogP contribution in [-0.4, -0.2) is 55.0 Å². The summed E-state index contributed by atoms with van der Waals surface area (Å²) in [5, 5.41) is 12.5. The second-order valence-electron chi connectivity index (χ2n) is 6.95. The van der Waals surface area contributed by atoms with Crippen LogP contribution in [0.15, 0.2) is 53.1 Å². The number of likely N-dealkylation sites (N-methyl/N-ethyl adjacent to an activating group) is 1. The van der Waals surface area contributed by atoms with Crippen molar-refractivity contribution in [1.29, 1.82) is 0 Å². The van der Waals surface area contributed by atoms with Crippen molar-refractivity contribution in [3.63, 3.8) is 0 Å². The Balaban J connectivity index is 1.99. The maximum atomic E-state index is 13.2. The van der Waals surface area contributed by atoms with E-state index in [0.29, 0.717) is 17.2 Å². The van der Waals surface area contributed by atoms with E-state index < -0.39 is 17.7 Å². The first kappa shape index (κ1) is 21.1. The van der Waals surface area contributed by atoms with E-state index in [4.69, 9.17) is 4.74 Å². The molecule has 0 radical (unpaired) electrons. The first-order valence-corrected chi connectivity index (χ1v) is 10.7. The number of aliphatic hydroxyl groups excluding tert-OH is 1. The van der Waals surface area contributed by atoms with Crippen LogP contribution >= 0.6 is 11.3 Å². The van der Waals surface area contributed by atoms with Gasteiger partial charge in [0.1, 0.15) is 5.75 Å². The monoisotopic (exact) mass is 415 g/mol. The van der Waals surface area contributed by atoms with Crippen LogP contribution in [0.4, 0.5) is 0 Å². The molecule has 154 valence electrons. The van der Waals surface area contributed by atoms with Crippen LogP contribution in [0.25, 0.3) is 0 Å². The lowest BCUT2D eigenvalue weighted by molar-refractivity contribution is -0.895. The van der Waals surface area contributed by atoms with Gasteiger partial charge in [-0.2, -0.15) is 0 Å². The van der Waals surface area contributed by atoms with E-state index in [1.165, 1.54) is 16.2 Å². The Kier molecular flexibility index (Phi) is 6.71. The molecule has 1 atom stereocenters. The van der Waals surface area contributed by atoms with Crippen molar-refractivity contribution in [1.82, 2.24) is 4.90 Å². The Morgan fingerprint density at radius 3 is 2.45 bits per heavy atom. The average molecular weight is 416 g/mol. The van der Waals surface area contributed by atoms with Crippen LogP contribution in [-0.2, 0) is 4.79 Å². The van der Waals surface area contributed by atoms with Crippen LogP contribution in [0, 0.1) is 0 Å². The molecule has 2 N–H and O–H groups in total. The van der Waals surface area contributed by atoms with Gasteiger partial charge >= 0.3 is 0 Å². The number of nitrogens with one attached hydrogen (secondary N) is 1. The number of amides is 1. The number of aliphatic hydroxyl groups is 1. The molecule has 0 saturated heterocycles. The third kappa shape index (κ3) is 4.21. The second kappa shape index (κ2) is 9.24. The average Bonchev–Trinajstić information content (AvgIpc) is 3.37. The predicted molar refractivity (Wildman–Crippen MR) is 113 cm³/mol. The highest BCUT2D eigenvalue weighted by atomic mass is 32.1. The summed E-state index contributed by atoms with van der Waals surface area (Å²) in [7, 11) is 1.59. The van der Waals surface area contributed by atoms with Gasteiger partial charge in [0, 0.05) is 0 Å². The molecule has 29 heavy (non-hydrogen) atoms. The lowest BCUT2D eigenvalue weighted by Gasteiger charge is -2.28. The molecule has 0 bridgehead atoms. The number of thiophene rings is 1. The Labute approximate surface area is 175 Å². The summed E-state index contributed by atoms with van der Waals surface area (Å²) in [6, 6.07) is 10.2. The van der Waals surface area contributed by atoms with E-state index in [1.807, 2.05) is 17.5 Å². The number of rotatable bonds is 9. The minimum Gasteiger partial charge on any atom is -0.503 e. The first-order chi connectivity index (χ1) is 14.0. The number of carbonyl (C=O) groups is 2. The number of hydrogen-bond acceptors (Lipinski definition) is 5. The van der Waals surface area contributed by atoms with Crippen molar-refractivity contribution < 1.29 is 24.3 Å². The van der Waals surface area contributed by atoms with Crippen LogP contribution in [0.1, 0.15) is 35.1 Å². The van der Waals surface area contributed by atoms with E-state index in [0.717, 1.165) is 25.2 Å². The van der Waals surface area contributed by atoms with Crippen molar-refractivity contribution >= 4 is 23.0 Å². The number of quaternary nitrogens is 1. The predicted octanol–water partition coefficient (Wildman–Crippen LogP) is 2.26. The maximum absolute atomic E-state index is 13.2. The summed E-state index contributed by atoms with van der Waals surface area (Å²) < 4.78 is 5.23. The van der Waals surface area contributed by atoms with Gasteiger partial charge in [0.15, 0.2) is 5.76 Å². The molecule has 1 amide bonds. The van der Waals surface area contributed by atoms with Gasteiger partial charge in [-0.25, -0.2) is 0 Å². The fraction of sp³-hybridized carbons (Fsp3) is 0.364. The summed E-state index contributed by atoms with van der Waals surface area (Å²) in [5.41, 5.74) is 0.926. The summed E-state index contributed by atoms with van der Waals surface area (Å²) in [4.78, 5) is 29.5. The second-order valence-corrected chi connectivity index (χ2v) is 7.90. The molecule has 0 fully saturated rings. The molecule has 7 heteroatoms. The highest BCUT2D eigenvalue weighted by Crippen LogP contribution is 2.39. The van der Waals surface area contributed by atoms with Crippen LogP contribution in [0.3, 0.4) is 0 Å². The van der Waals surface area contributed by atoms with E-state index in [9.17, 15) is 14.7 Å². The van der Waals surface area contributed by atoms with Crippen molar-refractivity contribution in [3.8, 4) is 5.75 Å². The van der Waals surface area contributed by atoms with Gasteiger partial charge in [0.2, 0.25) is 5.78 Å². The van der Waals surface area contributed by atoms with E-state index in [-0.39, 0.29) is 11.4 Å². The molecule has 0 spiro atoms. The van der Waals surface area contributed by atoms with E-state index >= 15 is 0 Å². The Hall–Kier alpha value is -2.64. The summed E-state index contributed by atoms with van der Waals surface area (Å²) in [5.74, 6) is -0.544. The number of hydrogen-bond donors (Lipinski definition) is 2. The normalized spacial score (nSPS) is 16.8. The van der Waals surface area contributed by atoms with Crippen molar-refractivity contribution in [3.05, 3.63) is 63.6 Å². The van der Waals surface area contributed by atoms with Crippen LogP contribution in [0.2, 0.25) is 0 Å². The molecule has 0 unspecified atom stereocenters. The number of nitrogens with zero attached hydrogens (tertiary/aromatic N) is 1. The molecule has 2 heterocycles. The fourth-order valence-corrected chi connectivity index (χ4v) is 4.35. The standard InChI is InChI=1S/C22H26N2O4S/c1-4-23(5-2)12-13-24-19(15-8-10-16(28-3)11-9-15)18(21(26)22(24)27)20(25)17-7-6-14-29-17/h6-11,14,19,26H,4-5,12-13H2,1-3H3/p+1/t19-/m1/s1. The number of Topliss-reactive ketones (excluding diaryl/α,β-unsaturated/α-hetero) is 1. The lowest BCUT2D eigenvalue weighted by Crippen LogP contribution is -3.12. The fourth-order valence-electron chi connectivity index (χ4n) is 3.67. The molecule has 1 aliphatic rings. The Morgan fingerprint density at radius 2 is 1.90 bits per heavy atom. The van der Waals surface area contributed by atoms with Gasteiger partial charge in [-0.05, 0) is 43.0 Å². The largest absolute Gasteiger partial charge is 0.503 e. The summed E-state index contributed by atoms with van der Waals surface area (Å²) in [6.07, 6.45) is 0.